The molecule has 1 fully saturated rings. The Morgan fingerprint density at radius 1 is 0.933 bits per heavy atom. The van der Waals surface area contributed by atoms with Crippen molar-refractivity contribution in [1.29, 1.82) is 0 Å². The van der Waals surface area contributed by atoms with Crippen LogP contribution in [-0.4, -0.2) is 31.9 Å². The van der Waals surface area contributed by atoms with Crippen molar-refractivity contribution in [2.24, 2.45) is 11.8 Å². The average molecular weight is 406 g/mol. The van der Waals surface area contributed by atoms with Gasteiger partial charge in [0, 0.05) is 11.6 Å². The SMILES string of the molecule is COc1ccc(NC(=O)c2ccc(N3C(=O)[C@@H]4CC=CC[C@H]4C3=O)cc2)c(OC)c1. The molecule has 7 heteroatoms. The normalized spacial score (nSPS) is 20.1. The molecule has 2 atom stereocenters. The number of fused-ring (bicyclic) bond motifs is 1. The molecule has 4 rings (SSSR count). The van der Waals surface area contributed by atoms with E-state index >= 15 is 0 Å². The van der Waals surface area contributed by atoms with Crippen LogP contribution in [0.25, 0.3) is 0 Å². The van der Waals surface area contributed by atoms with Crippen LogP contribution in [0.1, 0.15) is 23.2 Å². The Balaban J connectivity index is 1.51. The Kier molecular flexibility index (Phi) is 5.27. The molecule has 30 heavy (non-hydrogen) atoms. The number of imide groups is 1. The van der Waals surface area contributed by atoms with Gasteiger partial charge in [0.2, 0.25) is 11.8 Å². The molecule has 154 valence electrons. The summed E-state index contributed by atoms with van der Waals surface area (Å²) in [5.41, 5.74) is 1.39. The molecule has 1 N–H and O–H groups in total. The highest BCUT2D eigenvalue weighted by Crippen LogP contribution is 2.37. The van der Waals surface area contributed by atoms with Gasteiger partial charge in [0.1, 0.15) is 11.5 Å². The molecule has 0 bridgehead atoms. The zero-order valence-electron chi connectivity index (χ0n) is 16.8. The number of amides is 3. The maximum absolute atomic E-state index is 12.7. The summed E-state index contributed by atoms with van der Waals surface area (Å²) in [6, 6.07) is 11.5. The first kappa shape index (κ1) is 19.7. The molecule has 1 aliphatic heterocycles. The zero-order valence-corrected chi connectivity index (χ0v) is 16.8. The number of nitrogens with one attached hydrogen (secondary N) is 1. The fraction of sp³-hybridized carbons (Fsp3) is 0.261. The van der Waals surface area contributed by atoms with Crippen LogP contribution in [0, 0.1) is 11.8 Å². The minimum absolute atomic E-state index is 0.172. The molecule has 1 aliphatic carbocycles. The Labute approximate surface area is 174 Å². The predicted molar refractivity (Wildman–Crippen MR) is 112 cm³/mol. The van der Waals surface area contributed by atoms with Gasteiger partial charge in [-0.25, -0.2) is 0 Å². The highest BCUT2D eigenvalue weighted by molar-refractivity contribution is 6.22. The number of carbonyl (C=O) groups excluding carboxylic acids is 3. The number of allylic oxidation sites excluding steroid dienone is 2. The molecule has 3 amide bonds. The van der Waals surface area contributed by atoms with Crippen molar-refractivity contribution in [3.8, 4) is 11.5 Å². The Hall–Kier alpha value is -3.61. The number of rotatable bonds is 5. The number of methoxy groups -OCH3 is 2. The predicted octanol–water partition coefficient (Wildman–Crippen LogP) is 3.41. The largest absolute Gasteiger partial charge is 0.497 e. The van der Waals surface area contributed by atoms with Gasteiger partial charge in [-0.05, 0) is 49.2 Å². The van der Waals surface area contributed by atoms with Crippen molar-refractivity contribution in [1.82, 2.24) is 0 Å². The van der Waals surface area contributed by atoms with Crippen LogP contribution in [0.4, 0.5) is 11.4 Å². The average Bonchev–Trinajstić information content (AvgIpc) is 3.04. The molecule has 7 nitrogen and oxygen atoms in total. The van der Waals surface area contributed by atoms with E-state index in [1.54, 1.807) is 49.6 Å². The zero-order chi connectivity index (χ0) is 21.3. The third-order valence-electron chi connectivity index (χ3n) is 5.55. The number of hydrogen-bond acceptors (Lipinski definition) is 5. The topological polar surface area (TPSA) is 84.9 Å². The number of anilines is 2. The Morgan fingerprint density at radius 3 is 2.13 bits per heavy atom. The van der Waals surface area contributed by atoms with E-state index in [1.165, 1.54) is 12.0 Å². The van der Waals surface area contributed by atoms with Crippen LogP contribution in [0.15, 0.2) is 54.6 Å². The first-order valence-corrected chi connectivity index (χ1v) is 9.69. The molecule has 0 aromatic heterocycles. The highest BCUT2D eigenvalue weighted by atomic mass is 16.5. The van der Waals surface area contributed by atoms with Crippen molar-refractivity contribution < 1.29 is 23.9 Å². The summed E-state index contributed by atoms with van der Waals surface area (Å²) in [5.74, 6) is -0.152. The van der Waals surface area contributed by atoms with Gasteiger partial charge in [-0.2, -0.15) is 0 Å². The minimum atomic E-state index is -0.332. The van der Waals surface area contributed by atoms with Gasteiger partial charge in [-0.3, -0.25) is 19.3 Å². The smallest absolute Gasteiger partial charge is 0.255 e. The number of benzene rings is 2. The van der Waals surface area contributed by atoms with E-state index in [1.807, 2.05) is 12.2 Å². The second-order valence-corrected chi connectivity index (χ2v) is 7.23. The highest BCUT2D eigenvalue weighted by Gasteiger charge is 2.47. The lowest BCUT2D eigenvalue weighted by Gasteiger charge is -2.15. The molecule has 2 aromatic rings. The summed E-state index contributed by atoms with van der Waals surface area (Å²) < 4.78 is 10.5. The molecule has 1 saturated heterocycles. The van der Waals surface area contributed by atoms with Crippen molar-refractivity contribution in [2.75, 3.05) is 24.4 Å². The summed E-state index contributed by atoms with van der Waals surface area (Å²) in [7, 11) is 3.06. The van der Waals surface area contributed by atoms with E-state index in [2.05, 4.69) is 5.32 Å². The second kappa shape index (κ2) is 8.02. The van der Waals surface area contributed by atoms with E-state index in [0.29, 0.717) is 41.3 Å². The third kappa shape index (κ3) is 3.43. The summed E-state index contributed by atoms with van der Waals surface area (Å²) in [6.45, 7) is 0. The number of hydrogen-bond donors (Lipinski definition) is 1. The van der Waals surface area contributed by atoms with Gasteiger partial charge >= 0.3 is 0 Å². The third-order valence-corrected chi connectivity index (χ3v) is 5.55. The van der Waals surface area contributed by atoms with Crippen molar-refractivity contribution in [2.45, 2.75) is 12.8 Å². The van der Waals surface area contributed by atoms with Crippen LogP contribution in [0.3, 0.4) is 0 Å². The summed E-state index contributed by atoms with van der Waals surface area (Å²) in [6.07, 6.45) is 5.10. The summed E-state index contributed by atoms with van der Waals surface area (Å²) in [4.78, 5) is 39.3. The van der Waals surface area contributed by atoms with E-state index in [0.717, 1.165) is 0 Å². The van der Waals surface area contributed by atoms with E-state index in [9.17, 15) is 14.4 Å². The van der Waals surface area contributed by atoms with Crippen LogP contribution in [0.2, 0.25) is 0 Å². The molecule has 0 unspecified atom stereocenters. The first-order chi connectivity index (χ1) is 14.5. The number of ether oxygens (including phenoxy) is 2. The molecule has 0 radical (unpaired) electrons. The van der Waals surface area contributed by atoms with Crippen LogP contribution in [0.5, 0.6) is 11.5 Å². The lowest BCUT2D eigenvalue weighted by molar-refractivity contribution is -0.122. The standard InChI is InChI=1S/C23H22N2O5/c1-29-16-11-12-19(20(13-16)30-2)24-21(26)14-7-9-15(10-8-14)25-22(27)17-5-3-4-6-18(17)23(25)28/h3-4,7-13,17-18H,5-6H2,1-2H3,(H,24,26)/t17-,18-/m1/s1. The van der Waals surface area contributed by atoms with Crippen molar-refractivity contribution >= 4 is 29.1 Å². The van der Waals surface area contributed by atoms with Crippen LogP contribution >= 0.6 is 0 Å². The van der Waals surface area contributed by atoms with Gasteiger partial charge in [0.05, 0.1) is 37.4 Å². The Bertz CT molecular complexity index is 1000. The maximum atomic E-state index is 12.7. The van der Waals surface area contributed by atoms with Gasteiger partial charge in [-0.1, -0.05) is 12.2 Å². The van der Waals surface area contributed by atoms with Gasteiger partial charge in [-0.15, -0.1) is 0 Å². The Morgan fingerprint density at radius 2 is 1.57 bits per heavy atom. The number of carbonyl (C=O) groups is 3. The molecule has 2 aliphatic rings. The number of nitrogens with zero attached hydrogens (tertiary/aromatic N) is 1. The molecular weight excluding hydrogens is 384 g/mol. The fourth-order valence-electron chi connectivity index (χ4n) is 3.91. The monoisotopic (exact) mass is 406 g/mol. The van der Waals surface area contributed by atoms with Gasteiger partial charge < -0.3 is 14.8 Å². The lowest BCUT2D eigenvalue weighted by atomic mass is 9.85. The molecule has 0 spiro atoms. The molecule has 0 saturated carbocycles. The summed E-state index contributed by atoms with van der Waals surface area (Å²) in [5, 5.41) is 2.80. The molecule has 2 aromatic carbocycles. The maximum Gasteiger partial charge on any atom is 0.255 e. The van der Waals surface area contributed by atoms with Crippen LogP contribution < -0.4 is 19.7 Å². The molecule has 1 heterocycles. The quantitative estimate of drug-likeness (QED) is 0.608. The van der Waals surface area contributed by atoms with E-state index < -0.39 is 0 Å². The summed E-state index contributed by atoms with van der Waals surface area (Å²) >= 11 is 0. The fourth-order valence-corrected chi connectivity index (χ4v) is 3.91. The van der Waals surface area contributed by atoms with Gasteiger partial charge in [0.25, 0.3) is 5.91 Å². The van der Waals surface area contributed by atoms with Gasteiger partial charge in [0.15, 0.2) is 0 Å². The van der Waals surface area contributed by atoms with Crippen molar-refractivity contribution in [3.05, 3.63) is 60.2 Å². The lowest BCUT2D eigenvalue weighted by Crippen LogP contribution is -2.30. The van der Waals surface area contributed by atoms with Crippen molar-refractivity contribution in [3.63, 3.8) is 0 Å². The second-order valence-electron chi connectivity index (χ2n) is 7.23. The minimum Gasteiger partial charge on any atom is -0.497 e. The molecular formula is C23H22N2O5. The van der Waals surface area contributed by atoms with E-state index in [-0.39, 0.29) is 29.6 Å². The van der Waals surface area contributed by atoms with Crippen LogP contribution in [-0.2, 0) is 9.59 Å². The first-order valence-electron chi connectivity index (χ1n) is 9.69. The van der Waals surface area contributed by atoms with E-state index in [4.69, 9.17) is 9.47 Å².